The molecule has 4 aromatic carbocycles. The molecule has 11 heteroatoms. The molecule has 0 aliphatic rings. The van der Waals surface area contributed by atoms with Crippen molar-refractivity contribution in [3.63, 3.8) is 0 Å². The highest BCUT2D eigenvalue weighted by Gasteiger charge is 2.10. The third kappa shape index (κ3) is 9.75. The van der Waals surface area contributed by atoms with Crippen LogP contribution in [0.15, 0.2) is 128 Å². The number of rotatable bonds is 8. The quantitative estimate of drug-likeness (QED) is 0.175. The minimum absolute atomic E-state index is 0.158. The molecule has 0 fully saturated rings. The molecule has 0 saturated carbocycles. The molecule has 10 nitrogen and oxygen atoms in total. The van der Waals surface area contributed by atoms with E-state index in [4.69, 9.17) is 9.47 Å². The predicted molar refractivity (Wildman–Crippen MR) is 175 cm³/mol. The zero-order valence-corrected chi connectivity index (χ0v) is 25.4. The van der Waals surface area contributed by atoms with Gasteiger partial charge in [0.2, 0.25) is 0 Å². The van der Waals surface area contributed by atoms with Gasteiger partial charge in [-0.3, -0.25) is 9.59 Å². The lowest BCUT2D eigenvalue weighted by atomic mass is 10.1. The maximum absolute atomic E-state index is 13.8. The predicted octanol–water partition coefficient (Wildman–Crippen LogP) is 7.80. The molecule has 47 heavy (non-hydrogen) atoms. The molecule has 6 rings (SSSR count). The summed E-state index contributed by atoms with van der Waals surface area (Å²) < 4.78 is 24.9. The van der Waals surface area contributed by atoms with Crippen molar-refractivity contribution in [2.45, 2.75) is 13.8 Å². The van der Waals surface area contributed by atoms with Gasteiger partial charge in [0.25, 0.3) is 11.8 Å². The third-order valence-corrected chi connectivity index (χ3v) is 6.33. The second kappa shape index (κ2) is 15.5. The normalized spacial score (nSPS) is 10.2. The lowest BCUT2D eigenvalue weighted by Gasteiger charge is -2.09. The van der Waals surface area contributed by atoms with Crippen LogP contribution in [0.5, 0.6) is 23.0 Å². The lowest BCUT2D eigenvalue weighted by Crippen LogP contribution is -2.12. The van der Waals surface area contributed by atoms with Crippen LogP contribution in [0.25, 0.3) is 0 Å². The molecule has 6 aromatic rings. The monoisotopic (exact) mass is 628 g/mol. The zero-order chi connectivity index (χ0) is 33.0. The van der Waals surface area contributed by atoms with E-state index < -0.39 is 5.82 Å². The van der Waals surface area contributed by atoms with Crippen LogP contribution in [0.4, 0.5) is 15.8 Å². The van der Waals surface area contributed by atoms with E-state index in [1.165, 1.54) is 43.2 Å². The maximum Gasteiger partial charge on any atom is 0.255 e. The van der Waals surface area contributed by atoms with Crippen LogP contribution in [-0.4, -0.2) is 31.8 Å². The molecule has 0 radical (unpaired) electrons. The molecule has 2 aromatic heterocycles. The summed E-state index contributed by atoms with van der Waals surface area (Å²) in [7, 11) is 0. The average Bonchev–Trinajstić information content (AvgIpc) is 3.06. The number of carbonyl (C=O) groups is 2. The summed E-state index contributed by atoms with van der Waals surface area (Å²) in [5.74, 6) is 0.746. The number of aryl methyl sites for hydroxylation is 2. The van der Waals surface area contributed by atoms with E-state index in [2.05, 4.69) is 30.6 Å². The summed E-state index contributed by atoms with van der Waals surface area (Å²) in [6.07, 6.45) is 8.87. The van der Waals surface area contributed by atoms with Crippen molar-refractivity contribution in [2.24, 2.45) is 0 Å². The Hall–Kier alpha value is -6.49. The van der Waals surface area contributed by atoms with Gasteiger partial charge in [-0.2, -0.15) is 0 Å². The van der Waals surface area contributed by atoms with Crippen LogP contribution in [0.2, 0.25) is 0 Å². The van der Waals surface area contributed by atoms with Crippen LogP contribution < -0.4 is 20.1 Å². The summed E-state index contributed by atoms with van der Waals surface area (Å²) in [5, 5.41) is 5.52. The van der Waals surface area contributed by atoms with E-state index in [-0.39, 0.29) is 17.6 Å². The van der Waals surface area contributed by atoms with Crippen LogP contribution in [0.3, 0.4) is 0 Å². The Morgan fingerprint density at radius 1 is 0.553 bits per heavy atom. The smallest absolute Gasteiger partial charge is 0.255 e. The van der Waals surface area contributed by atoms with Crippen molar-refractivity contribution in [3.8, 4) is 23.0 Å². The number of anilines is 2. The number of hydrogen-bond acceptors (Lipinski definition) is 8. The molecular formula is C36H29FN6O4. The first-order chi connectivity index (χ1) is 22.8. The molecule has 0 aliphatic heterocycles. The number of nitrogens with zero attached hydrogens (tertiary/aromatic N) is 4. The van der Waals surface area contributed by atoms with Crippen LogP contribution in [0, 0.1) is 19.7 Å². The Kier molecular flexibility index (Phi) is 10.5. The van der Waals surface area contributed by atoms with Crippen molar-refractivity contribution < 1.29 is 23.5 Å². The van der Waals surface area contributed by atoms with Crippen LogP contribution >= 0.6 is 0 Å². The van der Waals surface area contributed by atoms with Gasteiger partial charge in [-0.1, -0.05) is 41.5 Å². The van der Waals surface area contributed by atoms with Gasteiger partial charge in [0.1, 0.15) is 30.0 Å². The van der Waals surface area contributed by atoms with Crippen LogP contribution in [-0.2, 0) is 0 Å². The fourth-order valence-corrected chi connectivity index (χ4v) is 4.26. The second-order valence-corrected chi connectivity index (χ2v) is 10.2. The summed E-state index contributed by atoms with van der Waals surface area (Å²) in [5.41, 5.74) is 4.08. The Morgan fingerprint density at radius 2 is 1.04 bits per heavy atom. The highest BCUT2D eigenvalue weighted by atomic mass is 19.1. The van der Waals surface area contributed by atoms with Gasteiger partial charge >= 0.3 is 0 Å². The summed E-state index contributed by atoms with van der Waals surface area (Å²) in [6, 6.07) is 25.7. The number of aromatic nitrogens is 4. The van der Waals surface area contributed by atoms with Gasteiger partial charge in [-0.15, -0.1) is 0 Å². The van der Waals surface area contributed by atoms with Gasteiger partial charge in [-0.25, -0.2) is 24.3 Å². The van der Waals surface area contributed by atoms with Crippen molar-refractivity contribution >= 4 is 23.2 Å². The first kappa shape index (κ1) is 31.9. The number of amides is 2. The fraction of sp³-hybridized carbons (Fsp3) is 0.0556. The molecule has 2 amide bonds. The fourth-order valence-electron chi connectivity index (χ4n) is 4.26. The van der Waals surface area contributed by atoms with E-state index in [1.54, 1.807) is 48.8 Å². The Morgan fingerprint density at radius 3 is 1.60 bits per heavy atom. The first-order valence-electron chi connectivity index (χ1n) is 14.3. The van der Waals surface area contributed by atoms with Crippen molar-refractivity contribution in [1.29, 1.82) is 0 Å². The standard InChI is InChI=1S/C18H14FN3O2.C18H15N3O2/c1-12-3-2-4-13(5-12)18(23)22-15-6-14(19)7-16(8-15)24-17-9-20-11-21-10-17;1-13-4-2-5-14(8-13)18(22)21-15-6-3-7-16(9-15)23-17-10-19-12-20-11-17/h2-11H,1H3,(H,22,23);2-12H,1H3,(H,21,22). The highest BCUT2D eigenvalue weighted by Crippen LogP contribution is 2.26. The molecule has 0 atom stereocenters. The summed E-state index contributed by atoms with van der Waals surface area (Å²) in [4.78, 5) is 39.9. The molecule has 0 bridgehead atoms. The average molecular weight is 629 g/mol. The van der Waals surface area contributed by atoms with Crippen molar-refractivity contribution in [2.75, 3.05) is 10.6 Å². The Balaban J connectivity index is 0.000000185. The minimum Gasteiger partial charge on any atom is -0.454 e. The molecule has 0 aliphatic carbocycles. The van der Waals surface area contributed by atoms with E-state index in [1.807, 2.05) is 50.2 Å². The summed E-state index contributed by atoms with van der Waals surface area (Å²) >= 11 is 0. The number of ether oxygens (including phenoxy) is 2. The van der Waals surface area contributed by atoms with E-state index >= 15 is 0 Å². The van der Waals surface area contributed by atoms with Crippen molar-refractivity contribution in [3.05, 3.63) is 157 Å². The van der Waals surface area contributed by atoms with Gasteiger partial charge in [0.15, 0.2) is 11.5 Å². The van der Waals surface area contributed by atoms with E-state index in [0.29, 0.717) is 39.8 Å². The maximum atomic E-state index is 13.8. The number of carbonyl (C=O) groups excluding carboxylic acids is 2. The van der Waals surface area contributed by atoms with Gasteiger partial charge < -0.3 is 20.1 Å². The molecule has 2 heterocycles. The molecule has 0 saturated heterocycles. The third-order valence-electron chi connectivity index (χ3n) is 6.33. The lowest BCUT2D eigenvalue weighted by molar-refractivity contribution is 0.101. The first-order valence-corrected chi connectivity index (χ1v) is 14.3. The number of halogens is 1. The molecule has 0 unspecified atom stereocenters. The molecular weight excluding hydrogens is 599 g/mol. The Bertz CT molecular complexity index is 1980. The van der Waals surface area contributed by atoms with Crippen molar-refractivity contribution in [1.82, 2.24) is 19.9 Å². The minimum atomic E-state index is -0.524. The van der Waals surface area contributed by atoms with Gasteiger partial charge in [0.05, 0.1) is 24.8 Å². The molecule has 2 N–H and O–H groups in total. The number of benzene rings is 4. The van der Waals surface area contributed by atoms with E-state index in [0.717, 1.165) is 11.1 Å². The Labute approximate surface area is 270 Å². The SMILES string of the molecule is Cc1cccc(C(=O)Nc2cc(F)cc(Oc3cncnc3)c2)c1.Cc1cccc(C(=O)Nc2cccc(Oc3cncnc3)c2)c1. The zero-order valence-electron chi connectivity index (χ0n) is 25.4. The summed E-state index contributed by atoms with van der Waals surface area (Å²) in [6.45, 7) is 3.85. The van der Waals surface area contributed by atoms with E-state index in [9.17, 15) is 14.0 Å². The largest absolute Gasteiger partial charge is 0.454 e. The number of hydrogen-bond donors (Lipinski definition) is 2. The van der Waals surface area contributed by atoms with Gasteiger partial charge in [-0.05, 0) is 56.3 Å². The molecule has 0 spiro atoms. The second-order valence-electron chi connectivity index (χ2n) is 10.2. The topological polar surface area (TPSA) is 128 Å². The van der Waals surface area contributed by atoms with Crippen LogP contribution in [0.1, 0.15) is 31.8 Å². The molecule has 234 valence electrons. The highest BCUT2D eigenvalue weighted by molar-refractivity contribution is 6.05. The van der Waals surface area contributed by atoms with Gasteiger partial charge in [0, 0.05) is 40.7 Å². The number of nitrogens with one attached hydrogen (secondary N) is 2.